The number of hydrogen-bond acceptors (Lipinski definition) is 3. The normalized spacial score (nSPS) is 14.6. The van der Waals surface area contributed by atoms with Crippen molar-refractivity contribution in [2.75, 3.05) is 43.4 Å². The first-order chi connectivity index (χ1) is 13.1. The molecule has 1 heterocycles. The van der Waals surface area contributed by atoms with Crippen LogP contribution in [0.4, 0.5) is 16.2 Å². The van der Waals surface area contributed by atoms with Crippen LogP contribution in [-0.2, 0) is 4.79 Å². The van der Waals surface area contributed by atoms with Gasteiger partial charge in [-0.3, -0.25) is 9.69 Å². The minimum absolute atomic E-state index is 0.00381. The zero-order chi connectivity index (χ0) is 19.1. The monoisotopic (exact) mass is 386 g/mol. The summed E-state index contributed by atoms with van der Waals surface area (Å²) < 4.78 is 0. The van der Waals surface area contributed by atoms with Gasteiger partial charge < -0.3 is 15.5 Å². The van der Waals surface area contributed by atoms with E-state index in [2.05, 4.69) is 15.5 Å². The summed E-state index contributed by atoms with van der Waals surface area (Å²) in [6.07, 6.45) is 0.436. The highest BCUT2D eigenvalue weighted by molar-refractivity contribution is 6.30. The van der Waals surface area contributed by atoms with Gasteiger partial charge in [0.15, 0.2) is 0 Å². The van der Waals surface area contributed by atoms with Crippen LogP contribution in [0, 0.1) is 0 Å². The van der Waals surface area contributed by atoms with E-state index in [9.17, 15) is 9.59 Å². The molecule has 0 radical (unpaired) electrons. The Morgan fingerprint density at radius 1 is 0.852 bits per heavy atom. The van der Waals surface area contributed by atoms with Gasteiger partial charge in [-0.15, -0.1) is 0 Å². The number of piperazine rings is 1. The van der Waals surface area contributed by atoms with E-state index in [1.165, 1.54) is 0 Å². The van der Waals surface area contributed by atoms with Crippen LogP contribution in [0.3, 0.4) is 0 Å². The van der Waals surface area contributed by atoms with Gasteiger partial charge in [-0.2, -0.15) is 0 Å². The number of rotatable bonds is 5. The molecule has 142 valence electrons. The predicted octanol–water partition coefficient (Wildman–Crippen LogP) is 3.52. The summed E-state index contributed by atoms with van der Waals surface area (Å²) in [6.45, 7) is 3.48. The molecule has 6 nitrogen and oxygen atoms in total. The summed E-state index contributed by atoms with van der Waals surface area (Å²) in [4.78, 5) is 28.4. The minimum atomic E-state index is -0.112. The number of hydrogen-bond donors (Lipinski definition) is 2. The number of anilines is 2. The van der Waals surface area contributed by atoms with Crippen LogP contribution < -0.4 is 10.6 Å². The molecular formula is C20H23ClN4O2. The molecule has 0 saturated carbocycles. The third kappa shape index (κ3) is 5.98. The lowest BCUT2D eigenvalue weighted by Crippen LogP contribution is -2.50. The summed E-state index contributed by atoms with van der Waals surface area (Å²) in [5.74, 6) is 0.00381. The van der Waals surface area contributed by atoms with E-state index in [4.69, 9.17) is 11.6 Å². The molecule has 7 heteroatoms. The molecule has 0 aliphatic carbocycles. The van der Waals surface area contributed by atoms with E-state index in [0.717, 1.165) is 24.5 Å². The van der Waals surface area contributed by atoms with Gasteiger partial charge in [-0.25, -0.2) is 4.79 Å². The van der Waals surface area contributed by atoms with Gasteiger partial charge in [-0.05, 0) is 36.4 Å². The van der Waals surface area contributed by atoms with Gasteiger partial charge in [0.2, 0.25) is 5.91 Å². The number of halogens is 1. The highest BCUT2D eigenvalue weighted by atomic mass is 35.5. The van der Waals surface area contributed by atoms with Gasteiger partial charge in [0, 0.05) is 55.5 Å². The SMILES string of the molecule is O=C(CCN1CCN(C(=O)Nc2ccc(Cl)cc2)CC1)Nc1ccccc1. The Kier molecular flexibility index (Phi) is 6.68. The molecule has 1 aliphatic rings. The molecule has 3 amide bonds. The zero-order valence-electron chi connectivity index (χ0n) is 15.0. The predicted molar refractivity (Wildman–Crippen MR) is 108 cm³/mol. The van der Waals surface area contributed by atoms with Crippen molar-refractivity contribution in [3.8, 4) is 0 Å². The maximum absolute atomic E-state index is 12.3. The van der Waals surface area contributed by atoms with Crippen LogP contribution in [-0.4, -0.2) is 54.5 Å². The first-order valence-electron chi connectivity index (χ1n) is 8.99. The zero-order valence-corrected chi connectivity index (χ0v) is 15.8. The second-order valence-electron chi connectivity index (χ2n) is 6.43. The van der Waals surface area contributed by atoms with E-state index in [-0.39, 0.29) is 11.9 Å². The number of nitrogens with zero attached hydrogens (tertiary/aromatic N) is 2. The topological polar surface area (TPSA) is 64.7 Å². The number of carbonyl (C=O) groups excluding carboxylic acids is 2. The van der Waals surface area contributed by atoms with Gasteiger partial charge in [-0.1, -0.05) is 29.8 Å². The van der Waals surface area contributed by atoms with Gasteiger partial charge in [0.05, 0.1) is 0 Å². The quantitative estimate of drug-likeness (QED) is 0.826. The molecule has 0 aromatic heterocycles. The Morgan fingerprint density at radius 2 is 1.48 bits per heavy atom. The highest BCUT2D eigenvalue weighted by Crippen LogP contribution is 2.14. The average Bonchev–Trinajstić information content (AvgIpc) is 2.69. The van der Waals surface area contributed by atoms with E-state index >= 15 is 0 Å². The van der Waals surface area contributed by atoms with Crippen LogP contribution in [0.1, 0.15) is 6.42 Å². The fourth-order valence-corrected chi connectivity index (χ4v) is 3.04. The Hall–Kier alpha value is -2.57. The third-order valence-corrected chi connectivity index (χ3v) is 4.72. The van der Waals surface area contributed by atoms with Crippen molar-refractivity contribution in [1.29, 1.82) is 0 Å². The van der Waals surface area contributed by atoms with Crippen LogP contribution in [0.5, 0.6) is 0 Å². The van der Waals surface area contributed by atoms with Crippen molar-refractivity contribution in [3.05, 3.63) is 59.6 Å². The fraction of sp³-hybridized carbons (Fsp3) is 0.300. The Balaban J connectivity index is 1.37. The lowest BCUT2D eigenvalue weighted by molar-refractivity contribution is -0.116. The summed E-state index contributed by atoms with van der Waals surface area (Å²) >= 11 is 5.85. The highest BCUT2D eigenvalue weighted by Gasteiger charge is 2.21. The van der Waals surface area contributed by atoms with E-state index in [1.807, 2.05) is 30.3 Å². The van der Waals surface area contributed by atoms with Gasteiger partial charge in [0.25, 0.3) is 0 Å². The van der Waals surface area contributed by atoms with Crippen LogP contribution >= 0.6 is 11.6 Å². The second kappa shape index (κ2) is 9.39. The Morgan fingerprint density at radius 3 is 2.15 bits per heavy atom. The molecule has 1 aliphatic heterocycles. The number of benzene rings is 2. The van der Waals surface area contributed by atoms with Gasteiger partial charge >= 0.3 is 6.03 Å². The van der Waals surface area contributed by atoms with E-state index < -0.39 is 0 Å². The van der Waals surface area contributed by atoms with Crippen molar-refractivity contribution in [2.24, 2.45) is 0 Å². The molecule has 1 fully saturated rings. The molecule has 2 N–H and O–H groups in total. The molecule has 0 bridgehead atoms. The summed E-state index contributed by atoms with van der Waals surface area (Å²) in [6, 6.07) is 16.4. The molecule has 27 heavy (non-hydrogen) atoms. The van der Waals surface area contributed by atoms with Crippen LogP contribution in [0.25, 0.3) is 0 Å². The van der Waals surface area contributed by atoms with Crippen molar-refractivity contribution < 1.29 is 9.59 Å². The number of nitrogens with one attached hydrogen (secondary N) is 2. The standard InChI is InChI=1S/C20H23ClN4O2/c21-16-6-8-18(9-7-16)23-20(27)25-14-12-24(13-15-25)11-10-19(26)22-17-4-2-1-3-5-17/h1-9H,10-15H2,(H,22,26)(H,23,27). The lowest BCUT2D eigenvalue weighted by atomic mass is 10.2. The molecule has 1 saturated heterocycles. The fourth-order valence-electron chi connectivity index (χ4n) is 2.91. The molecule has 0 atom stereocenters. The molecular weight excluding hydrogens is 364 g/mol. The summed E-state index contributed by atoms with van der Waals surface area (Å²) in [5, 5.41) is 6.40. The maximum Gasteiger partial charge on any atom is 0.321 e. The Bertz CT molecular complexity index is 759. The van der Waals surface area contributed by atoms with Crippen LogP contribution in [0.15, 0.2) is 54.6 Å². The first-order valence-corrected chi connectivity index (χ1v) is 9.37. The smallest absolute Gasteiger partial charge is 0.321 e. The Labute approximate surface area is 164 Å². The summed E-state index contributed by atoms with van der Waals surface area (Å²) in [7, 11) is 0. The van der Waals surface area contributed by atoms with Gasteiger partial charge in [0.1, 0.15) is 0 Å². The number of para-hydroxylation sites is 1. The summed E-state index contributed by atoms with van der Waals surface area (Å²) in [5.41, 5.74) is 1.54. The maximum atomic E-state index is 12.3. The average molecular weight is 387 g/mol. The number of urea groups is 1. The van der Waals surface area contributed by atoms with E-state index in [1.54, 1.807) is 29.2 Å². The van der Waals surface area contributed by atoms with Crippen molar-refractivity contribution >= 4 is 34.9 Å². The van der Waals surface area contributed by atoms with Crippen molar-refractivity contribution in [1.82, 2.24) is 9.80 Å². The van der Waals surface area contributed by atoms with Crippen molar-refractivity contribution in [2.45, 2.75) is 6.42 Å². The number of carbonyl (C=O) groups is 2. The lowest BCUT2D eigenvalue weighted by Gasteiger charge is -2.34. The largest absolute Gasteiger partial charge is 0.326 e. The first kappa shape index (κ1) is 19.2. The third-order valence-electron chi connectivity index (χ3n) is 4.47. The molecule has 2 aromatic rings. The molecule has 3 rings (SSSR count). The minimum Gasteiger partial charge on any atom is -0.326 e. The number of amides is 3. The van der Waals surface area contributed by atoms with E-state index in [0.29, 0.717) is 31.1 Å². The molecule has 0 unspecified atom stereocenters. The molecule has 0 spiro atoms. The van der Waals surface area contributed by atoms with Crippen LogP contribution in [0.2, 0.25) is 5.02 Å². The van der Waals surface area contributed by atoms with Crippen molar-refractivity contribution in [3.63, 3.8) is 0 Å². The molecule has 2 aromatic carbocycles. The second-order valence-corrected chi connectivity index (χ2v) is 6.87.